The van der Waals surface area contributed by atoms with Crippen LogP contribution in [-0.2, 0) is 28.4 Å². The standard InChI is InChI=1S/C11H14N2O2S/c12-6-7-15-11(14)10(13-16)8-9-4-2-1-3-5-9/h1-5,10H,6-8,12H2/t10-/m0/s1. The molecule has 0 bridgehead atoms. The Labute approximate surface area is 100.0 Å². The van der Waals surface area contributed by atoms with Crippen LogP contribution in [-0.4, -0.2) is 25.2 Å². The minimum absolute atomic E-state index is 0.203. The Hall–Kier alpha value is -1.33. The van der Waals surface area contributed by atoms with Gasteiger partial charge in [-0.3, -0.25) is 0 Å². The summed E-state index contributed by atoms with van der Waals surface area (Å²) in [6.07, 6.45) is 0.466. The van der Waals surface area contributed by atoms with Crippen molar-refractivity contribution in [3.8, 4) is 0 Å². The molecule has 4 nitrogen and oxygen atoms in total. The third-order valence-electron chi connectivity index (χ3n) is 2.03. The van der Waals surface area contributed by atoms with Crippen LogP contribution in [0.3, 0.4) is 0 Å². The van der Waals surface area contributed by atoms with Crippen LogP contribution in [0.25, 0.3) is 0 Å². The molecule has 86 valence electrons. The molecular weight excluding hydrogens is 224 g/mol. The van der Waals surface area contributed by atoms with E-state index in [1.165, 1.54) is 0 Å². The van der Waals surface area contributed by atoms with Crippen molar-refractivity contribution >= 4 is 18.4 Å². The van der Waals surface area contributed by atoms with Crippen molar-refractivity contribution in [3.05, 3.63) is 35.9 Å². The zero-order chi connectivity index (χ0) is 11.8. The lowest BCUT2D eigenvalue weighted by Crippen LogP contribution is -2.25. The number of hydrogen-bond donors (Lipinski definition) is 1. The molecule has 0 fully saturated rings. The van der Waals surface area contributed by atoms with Gasteiger partial charge in [-0.15, -0.1) is 0 Å². The number of carbonyl (C=O) groups is 1. The number of carbonyl (C=O) groups excluding carboxylic acids is 1. The van der Waals surface area contributed by atoms with Gasteiger partial charge in [0.15, 0.2) is 6.04 Å². The molecule has 0 amide bonds. The number of benzene rings is 1. The SMILES string of the molecule is NCCOC(=O)[C@H](Cc1ccccc1)N=S. The summed E-state index contributed by atoms with van der Waals surface area (Å²) in [5.74, 6) is -0.413. The molecule has 16 heavy (non-hydrogen) atoms. The van der Waals surface area contributed by atoms with Gasteiger partial charge >= 0.3 is 5.97 Å². The molecule has 0 aromatic heterocycles. The van der Waals surface area contributed by atoms with E-state index in [9.17, 15) is 4.79 Å². The molecule has 1 aromatic rings. The molecule has 0 unspecified atom stereocenters. The normalized spacial score (nSPS) is 11.8. The van der Waals surface area contributed by atoms with Gasteiger partial charge in [-0.05, 0) is 5.56 Å². The Morgan fingerprint density at radius 3 is 2.69 bits per heavy atom. The maximum atomic E-state index is 11.5. The predicted octanol–water partition coefficient (Wildman–Crippen LogP) is 0.830. The van der Waals surface area contributed by atoms with E-state index in [1.807, 2.05) is 30.3 Å². The van der Waals surface area contributed by atoms with Crippen LogP contribution < -0.4 is 5.73 Å². The van der Waals surface area contributed by atoms with Crippen LogP contribution in [0.4, 0.5) is 0 Å². The first-order chi connectivity index (χ1) is 7.77. The van der Waals surface area contributed by atoms with Gasteiger partial charge in [-0.25, -0.2) is 9.16 Å². The Bertz CT molecular complexity index is 343. The minimum Gasteiger partial charge on any atom is -0.463 e. The molecule has 0 radical (unpaired) electrons. The summed E-state index contributed by atoms with van der Waals surface area (Å²) < 4.78 is 8.50. The van der Waals surface area contributed by atoms with E-state index in [0.717, 1.165) is 5.56 Å². The van der Waals surface area contributed by atoms with Crippen molar-refractivity contribution in [1.29, 1.82) is 0 Å². The molecular formula is C11H14N2O2S. The fourth-order valence-corrected chi connectivity index (χ4v) is 1.42. The van der Waals surface area contributed by atoms with Crippen molar-refractivity contribution in [2.75, 3.05) is 13.2 Å². The van der Waals surface area contributed by atoms with Gasteiger partial charge in [0.05, 0.1) is 0 Å². The Kier molecular flexibility index (Phi) is 5.60. The summed E-state index contributed by atoms with van der Waals surface area (Å²) in [7, 11) is 0. The molecule has 0 aliphatic heterocycles. The number of esters is 1. The number of nitrogens with two attached hydrogens (primary N) is 1. The first kappa shape index (κ1) is 12.7. The number of rotatable bonds is 6. The van der Waals surface area contributed by atoms with E-state index in [0.29, 0.717) is 13.0 Å². The Balaban J connectivity index is 2.55. The third-order valence-corrected chi connectivity index (χ3v) is 2.29. The van der Waals surface area contributed by atoms with Crippen LogP contribution in [0.1, 0.15) is 5.56 Å². The average molecular weight is 238 g/mol. The summed E-state index contributed by atoms with van der Waals surface area (Å²) in [5.41, 5.74) is 6.24. The molecule has 1 atom stereocenters. The van der Waals surface area contributed by atoms with Crippen molar-refractivity contribution in [2.24, 2.45) is 10.1 Å². The second-order valence-electron chi connectivity index (χ2n) is 3.27. The van der Waals surface area contributed by atoms with Gasteiger partial charge in [0.1, 0.15) is 6.61 Å². The molecule has 0 heterocycles. The molecule has 0 aliphatic carbocycles. The van der Waals surface area contributed by atoms with Crippen LogP contribution >= 0.6 is 0 Å². The second kappa shape index (κ2) is 7.03. The first-order valence-electron chi connectivity index (χ1n) is 5.01. The van der Waals surface area contributed by atoms with E-state index in [4.69, 9.17) is 10.5 Å². The van der Waals surface area contributed by atoms with E-state index < -0.39 is 12.0 Å². The molecule has 1 aromatic carbocycles. The number of nitrogens with zero attached hydrogens (tertiary/aromatic N) is 1. The highest BCUT2D eigenvalue weighted by Gasteiger charge is 2.18. The van der Waals surface area contributed by atoms with Crippen molar-refractivity contribution in [3.63, 3.8) is 0 Å². The average Bonchev–Trinajstić information content (AvgIpc) is 2.34. The van der Waals surface area contributed by atoms with Gasteiger partial charge < -0.3 is 10.5 Å². The molecule has 2 N–H and O–H groups in total. The smallest absolute Gasteiger partial charge is 0.332 e. The first-order valence-corrected chi connectivity index (χ1v) is 5.37. The van der Waals surface area contributed by atoms with Gasteiger partial charge in [0.25, 0.3) is 0 Å². The highest BCUT2D eigenvalue weighted by molar-refractivity contribution is 7.47. The van der Waals surface area contributed by atoms with Crippen LogP contribution in [0.15, 0.2) is 34.7 Å². The van der Waals surface area contributed by atoms with Crippen molar-refractivity contribution < 1.29 is 9.53 Å². The lowest BCUT2D eigenvalue weighted by molar-refractivity contribution is -0.144. The Morgan fingerprint density at radius 1 is 1.44 bits per heavy atom. The van der Waals surface area contributed by atoms with Crippen LogP contribution in [0, 0.1) is 0 Å². The zero-order valence-electron chi connectivity index (χ0n) is 8.83. The van der Waals surface area contributed by atoms with Gasteiger partial charge in [0.2, 0.25) is 0 Å². The fourth-order valence-electron chi connectivity index (χ4n) is 1.26. The quantitative estimate of drug-likeness (QED) is 0.746. The maximum Gasteiger partial charge on any atom is 0.332 e. The van der Waals surface area contributed by atoms with E-state index in [1.54, 1.807) is 0 Å². The van der Waals surface area contributed by atoms with Crippen LogP contribution in [0.2, 0.25) is 0 Å². The van der Waals surface area contributed by atoms with Gasteiger partial charge in [0, 0.05) is 25.4 Å². The number of ether oxygens (including phenoxy) is 1. The maximum absolute atomic E-state index is 11.5. The third kappa shape index (κ3) is 4.04. The summed E-state index contributed by atoms with van der Waals surface area (Å²) in [5, 5.41) is 0. The number of hydrogen-bond acceptors (Lipinski definition) is 5. The van der Waals surface area contributed by atoms with Crippen LogP contribution in [0.5, 0.6) is 0 Å². The molecule has 0 spiro atoms. The van der Waals surface area contributed by atoms with Gasteiger partial charge in [-0.2, -0.15) is 0 Å². The van der Waals surface area contributed by atoms with Gasteiger partial charge in [-0.1, -0.05) is 30.3 Å². The molecule has 5 heteroatoms. The Morgan fingerprint density at radius 2 is 2.12 bits per heavy atom. The molecule has 0 saturated heterocycles. The molecule has 1 rings (SSSR count). The second-order valence-corrected chi connectivity index (χ2v) is 3.48. The fraction of sp³-hybridized carbons (Fsp3) is 0.364. The molecule has 0 aliphatic rings. The largest absolute Gasteiger partial charge is 0.463 e. The summed E-state index contributed by atoms with van der Waals surface area (Å²) in [4.78, 5) is 11.5. The van der Waals surface area contributed by atoms with E-state index >= 15 is 0 Å². The minimum atomic E-state index is -0.621. The predicted molar refractivity (Wildman–Crippen MR) is 63.7 cm³/mol. The highest BCUT2D eigenvalue weighted by atomic mass is 32.1. The summed E-state index contributed by atoms with van der Waals surface area (Å²) in [6, 6.07) is 8.94. The zero-order valence-corrected chi connectivity index (χ0v) is 9.65. The van der Waals surface area contributed by atoms with Crippen molar-refractivity contribution in [2.45, 2.75) is 12.5 Å². The highest BCUT2D eigenvalue weighted by Crippen LogP contribution is 2.07. The van der Waals surface area contributed by atoms with E-state index in [2.05, 4.69) is 16.8 Å². The van der Waals surface area contributed by atoms with E-state index in [-0.39, 0.29) is 6.61 Å². The monoisotopic (exact) mass is 238 g/mol. The van der Waals surface area contributed by atoms with Crippen molar-refractivity contribution in [1.82, 2.24) is 0 Å². The lowest BCUT2D eigenvalue weighted by atomic mass is 10.1. The summed E-state index contributed by atoms with van der Waals surface area (Å²) in [6.45, 7) is 0.510. The molecule has 0 saturated carbocycles. The topological polar surface area (TPSA) is 64.7 Å². The summed E-state index contributed by atoms with van der Waals surface area (Å²) >= 11 is 4.59. The lowest BCUT2D eigenvalue weighted by Gasteiger charge is -2.10.